The smallest absolute Gasteiger partial charge is 0.121 e. The Kier molecular flexibility index (Phi) is 3.33. The number of nitrogens with two attached hydrogens (primary N) is 1. The molecule has 0 aliphatic carbocycles. The number of hydrogen-bond donors (Lipinski definition) is 2. The van der Waals surface area contributed by atoms with Gasteiger partial charge in [0.1, 0.15) is 5.82 Å². The molecule has 0 saturated carbocycles. The van der Waals surface area contributed by atoms with Gasteiger partial charge >= 0.3 is 0 Å². The summed E-state index contributed by atoms with van der Waals surface area (Å²) in [6.07, 6.45) is 1.14. The fourth-order valence-electron chi connectivity index (χ4n) is 1.86. The van der Waals surface area contributed by atoms with Crippen molar-refractivity contribution < 1.29 is 0 Å². The van der Waals surface area contributed by atoms with Crippen LogP contribution in [0.1, 0.15) is 26.1 Å². The molecular weight excluding hydrogens is 212 g/mol. The van der Waals surface area contributed by atoms with Gasteiger partial charge in [0.25, 0.3) is 0 Å². The molecular formula is C13H20N4. The molecule has 0 spiro atoms. The van der Waals surface area contributed by atoms with Gasteiger partial charge in [-0.25, -0.2) is 4.98 Å². The topological polar surface area (TPSA) is 57.9 Å². The molecule has 1 aromatic heterocycles. The van der Waals surface area contributed by atoms with Gasteiger partial charge in [0.05, 0.1) is 17.6 Å². The summed E-state index contributed by atoms with van der Waals surface area (Å²) in [5.41, 5.74) is 8.50. The Hall–Kier alpha value is -1.55. The van der Waals surface area contributed by atoms with E-state index < -0.39 is 0 Å². The molecule has 1 atom stereocenters. The molecule has 4 heteroatoms. The molecule has 0 bridgehead atoms. The van der Waals surface area contributed by atoms with Gasteiger partial charge in [-0.15, -0.1) is 0 Å². The molecule has 1 heterocycles. The number of aromatic nitrogens is 2. The van der Waals surface area contributed by atoms with Crippen molar-refractivity contribution >= 4 is 16.7 Å². The van der Waals surface area contributed by atoms with Crippen LogP contribution in [-0.4, -0.2) is 28.0 Å². The Labute approximate surface area is 102 Å². The van der Waals surface area contributed by atoms with E-state index >= 15 is 0 Å². The zero-order chi connectivity index (χ0) is 12.4. The second-order valence-electron chi connectivity index (χ2n) is 4.63. The number of nitrogens with one attached hydrogen (secondary N) is 1. The lowest BCUT2D eigenvalue weighted by molar-refractivity contribution is 0.239. The zero-order valence-corrected chi connectivity index (χ0v) is 10.7. The van der Waals surface area contributed by atoms with E-state index in [1.165, 1.54) is 0 Å². The highest BCUT2D eigenvalue weighted by Crippen LogP contribution is 2.16. The van der Waals surface area contributed by atoms with Crippen LogP contribution in [0.4, 0.5) is 5.69 Å². The number of nitrogen functional groups attached to an aromatic ring is 1. The van der Waals surface area contributed by atoms with Gasteiger partial charge in [0.2, 0.25) is 0 Å². The lowest BCUT2D eigenvalue weighted by Crippen LogP contribution is -2.28. The van der Waals surface area contributed by atoms with Crippen molar-refractivity contribution in [3.05, 3.63) is 24.0 Å². The van der Waals surface area contributed by atoms with Crippen LogP contribution in [0.5, 0.6) is 0 Å². The second-order valence-corrected chi connectivity index (χ2v) is 4.63. The van der Waals surface area contributed by atoms with Crippen molar-refractivity contribution in [2.45, 2.75) is 32.9 Å². The molecule has 0 amide bonds. The first-order chi connectivity index (χ1) is 8.10. The third-order valence-corrected chi connectivity index (χ3v) is 3.30. The van der Waals surface area contributed by atoms with Crippen LogP contribution in [-0.2, 0) is 6.54 Å². The number of rotatable bonds is 4. The van der Waals surface area contributed by atoms with Gasteiger partial charge in [-0.3, -0.25) is 4.90 Å². The Morgan fingerprint density at radius 2 is 2.24 bits per heavy atom. The van der Waals surface area contributed by atoms with Crippen molar-refractivity contribution in [1.82, 2.24) is 14.9 Å². The van der Waals surface area contributed by atoms with Crippen LogP contribution in [0.2, 0.25) is 0 Å². The van der Waals surface area contributed by atoms with Gasteiger partial charge in [0, 0.05) is 11.7 Å². The summed E-state index contributed by atoms with van der Waals surface area (Å²) >= 11 is 0. The quantitative estimate of drug-likeness (QED) is 0.796. The van der Waals surface area contributed by atoms with Crippen LogP contribution in [0, 0.1) is 0 Å². The molecule has 0 fully saturated rings. The fraction of sp³-hybridized carbons (Fsp3) is 0.462. The molecule has 0 radical (unpaired) electrons. The first-order valence-electron chi connectivity index (χ1n) is 6.04. The molecule has 0 saturated heterocycles. The molecule has 0 aliphatic heterocycles. The number of aromatic amines is 1. The number of fused-ring (bicyclic) bond motifs is 1. The van der Waals surface area contributed by atoms with Gasteiger partial charge in [-0.1, -0.05) is 6.92 Å². The van der Waals surface area contributed by atoms with E-state index in [2.05, 4.69) is 35.8 Å². The van der Waals surface area contributed by atoms with Crippen molar-refractivity contribution in [3.63, 3.8) is 0 Å². The standard InChI is InChI=1S/C13H20N4/c1-4-9(2)17(3)8-13-15-11-6-5-10(14)7-12(11)16-13/h5-7,9H,4,8,14H2,1-3H3,(H,15,16). The van der Waals surface area contributed by atoms with E-state index in [0.29, 0.717) is 6.04 Å². The highest BCUT2D eigenvalue weighted by atomic mass is 15.1. The zero-order valence-electron chi connectivity index (χ0n) is 10.7. The molecule has 17 heavy (non-hydrogen) atoms. The lowest BCUT2D eigenvalue weighted by Gasteiger charge is -2.21. The van der Waals surface area contributed by atoms with Crippen molar-refractivity contribution in [1.29, 1.82) is 0 Å². The number of hydrogen-bond acceptors (Lipinski definition) is 3. The third-order valence-electron chi connectivity index (χ3n) is 3.30. The summed E-state index contributed by atoms with van der Waals surface area (Å²) in [6, 6.07) is 6.32. The Morgan fingerprint density at radius 1 is 1.47 bits per heavy atom. The lowest BCUT2D eigenvalue weighted by atomic mass is 10.2. The van der Waals surface area contributed by atoms with E-state index in [-0.39, 0.29) is 0 Å². The minimum atomic E-state index is 0.563. The third kappa shape index (κ3) is 2.58. The van der Waals surface area contributed by atoms with E-state index in [0.717, 1.165) is 35.5 Å². The Balaban J connectivity index is 2.19. The van der Waals surface area contributed by atoms with Crippen molar-refractivity contribution in [3.8, 4) is 0 Å². The maximum Gasteiger partial charge on any atom is 0.121 e. The minimum absolute atomic E-state index is 0.563. The highest BCUT2D eigenvalue weighted by molar-refractivity contribution is 5.78. The number of imidazole rings is 1. The summed E-state index contributed by atoms with van der Waals surface area (Å²) < 4.78 is 0. The maximum atomic E-state index is 5.75. The van der Waals surface area contributed by atoms with E-state index in [1.54, 1.807) is 0 Å². The molecule has 2 rings (SSSR count). The SMILES string of the molecule is CCC(C)N(C)Cc1nc2ccc(N)cc2[nH]1. The number of H-pyrrole nitrogens is 1. The predicted octanol–water partition coefficient (Wildman–Crippen LogP) is 2.38. The molecule has 1 unspecified atom stereocenters. The van der Waals surface area contributed by atoms with E-state index in [1.807, 2.05) is 18.2 Å². The normalized spacial score (nSPS) is 13.4. The van der Waals surface area contributed by atoms with Crippen molar-refractivity contribution in [2.24, 2.45) is 0 Å². The van der Waals surface area contributed by atoms with Gasteiger partial charge in [0.15, 0.2) is 0 Å². The monoisotopic (exact) mass is 232 g/mol. The first kappa shape index (κ1) is 11.9. The molecule has 4 nitrogen and oxygen atoms in total. The van der Waals surface area contributed by atoms with E-state index in [9.17, 15) is 0 Å². The molecule has 1 aromatic carbocycles. The molecule has 3 N–H and O–H groups in total. The fourth-order valence-corrected chi connectivity index (χ4v) is 1.86. The number of nitrogens with zero attached hydrogens (tertiary/aromatic N) is 2. The average molecular weight is 232 g/mol. The summed E-state index contributed by atoms with van der Waals surface area (Å²) in [6.45, 7) is 5.25. The second kappa shape index (κ2) is 4.75. The van der Waals surface area contributed by atoms with Gasteiger partial charge in [-0.2, -0.15) is 0 Å². The Bertz CT molecular complexity index is 503. The van der Waals surface area contributed by atoms with Gasteiger partial charge < -0.3 is 10.7 Å². The minimum Gasteiger partial charge on any atom is -0.399 e. The summed E-state index contributed by atoms with van der Waals surface area (Å²) in [5.74, 6) is 0.994. The van der Waals surface area contributed by atoms with Crippen LogP contribution in [0.25, 0.3) is 11.0 Å². The molecule has 0 aliphatic rings. The van der Waals surface area contributed by atoms with Crippen LogP contribution in [0.3, 0.4) is 0 Å². The highest BCUT2D eigenvalue weighted by Gasteiger charge is 2.10. The predicted molar refractivity (Wildman–Crippen MR) is 71.7 cm³/mol. The van der Waals surface area contributed by atoms with E-state index in [4.69, 9.17) is 5.73 Å². The molecule has 92 valence electrons. The first-order valence-corrected chi connectivity index (χ1v) is 6.04. The number of anilines is 1. The Morgan fingerprint density at radius 3 is 2.94 bits per heavy atom. The summed E-state index contributed by atoms with van der Waals surface area (Å²) in [4.78, 5) is 10.2. The maximum absolute atomic E-state index is 5.75. The number of benzene rings is 1. The van der Waals surface area contributed by atoms with Crippen LogP contribution < -0.4 is 5.73 Å². The van der Waals surface area contributed by atoms with Gasteiger partial charge in [-0.05, 0) is 38.6 Å². The average Bonchev–Trinajstić information content (AvgIpc) is 2.69. The van der Waals surface area contributed by atoms with Crippen molar-refractivity contribution in [2.75, 3.05) is 12.8 Å². The molecule has 2 aromatic rings. The summed E-state index contributed by atoms with van der Waals surface area (Å²) in [7, 11) is 2.12. The largest absolute Gasteiger partial charge is 0.399 e. The van der Waals surface area contributed by atoms with Crippen LogP contribution in [0.15, 0.2) is 18.2 Å². The summed E-state index contributed by atoms with van der Waals surface area (Å²) in [5, 5.41) is 0. The van der Waals surface area contributed by atoms with Crippen LogP contribution >= 0.6 is 0 Å².